The Bertz CT molecular complexity index is 457. The summed E-state index contributed by atoms with van der Waals surface area (Å²) < 4.78 is 10.9. The third-order valence-corrected chi connectivity index (χ3v) is 3.82. The number of benzene rings is 1. The van der Waals surface area contributed by atoms with E-state index >= 15 is 0 Å². The van der Waals surface area contributed by atoms with E-state index in [0.29, 0.717) is 17.9 Å². The number of carbonyl (C=O) groups is 1. The van der Waals surface area contributed by atoms with E-state index in [9.17, 15) is 4.79 Å². The Labute approximate surface area is 126 Å². The zero-order valence-electron chi connectivity index (χ0n) is 12.9. The monoisotopic (exact) mass is 292 g/mol. The van der Waals surface area contributed by atoms with Crippen LogP contribution in [0.5, 0.6) is 11.5 Å². The fraction of sp³-hybridized carbons (Fsp3) is 0.562. The van der Waals surface area contributed by atoms with Crippen molar-refractivity contribution in [2.75, 3.05) is 53.5 Å². The summed E-state index contributed by atoms with van der Waals surface area (Å²) in [6, 6.07) is 5.29. The van der Waals surface area contributed by atoms with E-state index in [1.165, 1.54) is 0 Å². The summed E-state index contributed by atoms with van der Waals surface area (Å²) in [7, 11) is 3.72. The van der Waals surface area contributed by atoms with E-state index in [-0.39, 0.29) is 0 Å². The van der Waals surface area contributed by atoms with Crippen LogP contribution in [0, 0.1) is 0 Å². The van der Waals surface area contributed by atoms with Crippen molar-refractivity contribution in [3.8, 4) is 11.5 Å². The van der Waals surface area contributed by atoms with E-state index < -0.39 is 0 Å². The second kappa shape index (κ2) is 8.00. The number of nitrogens with zero attached hydrogens (tertiary/aromatic N) is 2. The number of hydrogen-bond acceptors (Lipinski definition) is 5. The highest BCUT2D eigenvalue weighted by Crippen LogP contribution is 2.23. The van der Waals surface area contributed by atoms with Crippen LogP contribution in [0.1, 0.15) is 16.8 Å². The summed E-state index contributed by atoms with van der Waals surface area (Å²) in [6.45, 7) is 6.31. The van der Waals surface area contributed by atoms with Crippen molar-refractivity contribution in [3.63, 3.8) is 0 Å². The van der Waals surface area contributed by atoms with Crippen LogP contribution in [0.15, 0.2) is 18.2 Å². The molecule has 1 aromatic rings. The molecule has 2 rings (SSSR count). The number of hydrogen-bond donors (Lipinski definition) is 0. The number of rotatable bonds is 7. The van der Waals surface area contributed by atoms with Gasteiger partial charge in [0.2, 0.25) is 0 Å². The highest BCUT2D eigenvalue weighted by molar-refractivity contribution is 5.79. The normalized spacial score (nSPS) is 16.7. The van der Waals surface area contributed by atoms with Gasteiger partial charge in [0.05, 0.1) is 19.3 Å². The summed E-state index contributed by atoms with van der Waals surface area (Å²) in [4.78, 5) is 15.7. The lowest BCUT2D eigenvalue weighted by Crippen LogP contribution is -2.44. The predicted octanol–water partition coefficient (Wildman–Crippen LogP) is 1.52. The van der Waals surface area contributed by atoms with Crippen molar-refractivity contribution >= 4 is 6.29 Å². The van der Waals surface area contributed by atoms with Gasteiger partial charge in [0.25, 0.3) is 0 Å². The first-order valence-corrected chi connectivity index (χ1v) is 7.40. The van der Waals surface area contributed by atoms with Gasteiger partial charge < -0.3 is 19.3 Å². The Morgan fingerprint density at radius 3 is 2.67 bits per heavy atom. The minimum atomic E-state index is 0.544. The minimum Gasteiger partial charge on any atom is -0.496 e. The molecule has 0 amide bonds. The molecule has 0 N–H and O–H groups in total. The summed E-state index contributed by atoms with van der Waals surface area (Å²) in [5.41, 5.74) is 0.544. The standard InChI is InChI=1S/C16H24N2O3/c1-17-7-9-18(10-8-17)6-3-11-21-15-5-4-14(13-19)16(12-15)20-2/h4-5,12-13H,3,6-11H2,1-2H3. The van der Waals surface area contributed by atoms with Gasteiger partial charge in [0.1, 0.15) is 11.5 Å². The van der Waals surface area contributed by atoms with Crippen LogP contribution < -0.4 is 9.47 Å². The molecule has 21 heavy (non-hydrogen) atoms. The Morgan fingerprint density at radius 2 is 2.00 bits per heavy atom. The summed E-state index contributed by atoms with van der Waals surface area (Å²) in [6.07, 6.45) is 1.79. The maximum Gasteiger partial charge on any atom is 0.153 e. The SMILES string of the molecule is COc1cc(OCCCN2CCN(C)CC2)ccc1C=O. The molecule has 0 radical (unpaired) electrons. The second-order valence-electron chi connectivity index (χ2n) is 5.37. The van der Waals surface area contributed by atoms with E-state index in [4.69, 9.17) is 9.47 Å². The molecule has 0 aliphatic carbocycles. The number of methoxy groups -OCH3 is 1. The highest BCUT2D eigenvalue weighted by atomic mass is 16.5. The first kappa shape index (κ1) is 15.8. The fourth-order valence-corrected chi connectivity index (χ4v) is 2.43. The van der Waals surface area contributed by atoms with Crippen LogP contribution in [0.25, 0.3) is 0 Å². The van der Waals surface area contributed by atoms with Crippen LogP contribution >= 0.6 is 0 Å². The summed E-state index contributed by atoms with van der Waals surface area (Å²) >= 11 is 0. The maximum absolute atomic E-state index is 10.8. The zero-order valence-corrected chi connectivity index (χ0v) is 12.9. The topological polar surface area (TPSA) is 42.0 Å². The fourth-order valence-electron chi connectivity index (χ4n) is 2.43. The molecular formula is C16H24N2O3. The Hall–Kier alpha value is -1.59. The molecule has 0 atom stereocenters. The molecule has 5 heteroatoms. The van der Waals surface area contributed by atoms with E-state index in [1.807, 2.05) is 6.07 Å². The first-order chi connectivity index (χ1) is 10.2. The van der Waals surface area contributed by atoms with Crippen LogP contribution in [0.3, 0.4) is 0 Å². The molecule has 0 unspecified atom stereocenters. The lowest BCUT2D eigenvalue weighted by molar-refractivity contribution is 0.112. The number of aldehydes is 1. The average molecular weight is 292 g/mol. The Kier molecular flexibility index (Phi) is 6.02. The van der Waals surface area contributed by atoms with Crippen molar-refractivity contribution < 1.29 is 14.3 Å². The van der Waals surface area contributed by atoms with Crippen molar-refractivity contribution in [2.24, 2.45) is 0 Å². The molecule has 5 nitrogen and oxygen atoms in total. The number of carbonyl (C=O) groups excluding carboxylic acids is 1. The Morgan fingerprint density at radius 1 is 1.24 bits per heavy atom. The van der Waals surface area contributed by atoms with Gasteiger partial charge in [-0.25, -0.2) is 0 Å². The third-order valence-electron chi connectivity index (χ3n) is 3.82. The van der Waals surface area contributed by atoms with Gasteiger partial charge in [0.15, 0.2) is 6.29 Å². The molecule has 0 saturated carbocycles. The summed E-state index contributed by atoms with van der Waals surface area (Å²) in [5.74, 6) is 1.30. The number of likely N-dealkylation sites (N-methyl/N-ethyl adjacent to an activating group) is 1. The van der Waals surface area contributed by atoms with E-state index in [0.717, 1.165) is 51.2 Å². The molecule has 1 aliphatic rings. The molecule has 1 fully saturated rings. The molecule has 1 aromatic carbocycles. The quantitative estimate of drug-likeness (QED) is 0.563. The molecule has 0 aromatic heterocycles. The molecular weight excluding hydrogens is 268 g/mol. The van der Waals surface area contributed by atoms with Gasteiger partial charge in [-0.05, 0) is 25.6 Å². The molecule has 1 heterocycles. The lowest BCUT2D eigenvalue weighted by atomic mass is 10.2. The molecule has 1 aliphatic heterocycles. The van der Waals surface area contributed by atoms with Gasteiger partial charge in [-0.3, -0.25) is 4.79 Å². The zero-order chi connectivity index (χ0) is 15.1. The molecule has 0 spiro atoms. The van der Waals surface area contributed by atoms with Crippen molar-refractivity contribution in [2.45, 2.75) is 6.42 Å². The first-order valence-electron chi connectivity index (χ1n) is 7.40. The second-order valence-corrected chi connectivity index (χ2v) is 5.37. The van der Waals surface area contributed by atoms with Crippen molar-refractivity contribution in [3.05, 3.63) is 23.8 Å². The van der Waals surface area contributed by atoms with E-state index in [2.05, 4.69) is 16.8 Å². The Balaban J connectivity index is 1.72. The largest absolute Gasteiger partial charge is 0.496 e. The minimum absolute atomic E-state index is 0.544. The lowest BCUT2D eigenvalue weighted by Gasteiger charge is -2.32. The maximum atomic E-state index is 10.8. The number of piperazine rings is 1. The van der Waals surface area contributed by atoms with Gasteiger partial charge in [-0.1, -0.05) is 0 Å². The van der Waals surface area contributed by atoms with Gasteiger partial charge in [-0.2, -0.15) is 0 Å². The van der Waals surface area contributed by atoms with Gasteiger partial charge >= 0.3 is 0 Å². The molecule has 0 bridgehead atoms. The highest BCUT2D eigenvalue weighted by Gasteiger charge is 2.12. The van der Waals surface area contributed by atoms with Crippen LogP contribution in [-0.4, -0.2) is 69.6 Å². The van der Waals surface area contributed by atoms with Crippen LogP contribution in [0.2, 0.25) is 0 Å². The van der Waals surface area contributed by atoms with Gasteiger partial charge in [0, 0.05) is 38.8 Å². The van der Waals surface area contributed by atoms with Crippen LogP contribution in [-0.2, 0) is 0 Å². The van der Waals surface area contributed by atoms with E-state index in [1.54, 1.807) is 19.2 Å². The number of ether oxygens (including phenoxy) is 2. The van der Waals surface area contributed by atoms with Crippen LogP contribution in [0.4, 0.5) is 0 Å². The molecule has 1 saturated heterocycles. The molecule has 116 valence electrons. The third kappa shape index (κ3) is 4.72. The predicted molar refractivity (Wildman–Crippen MR) is 82.4 cm³/mol. The smallest absolute Gasteiger partial charge is 0.153 e. The van der Waals surface area contributed by atoms with Crippen molar-refractivity contribution in [1.82, 2.24) is 9.80 Å². The summed E-state index contributed by atoms with van der Waals surface area (Å²) in [5, 5.41) is 0. The average Bonchev–Trinajstić information content (AvgIpc) is 2.53. The van der Waals surface area contributed by atoms with Crippen molar-refractivity contribution in [1.29, 1.82) is 0 Å². The van der Waals surface area contributed by atoms with Gasteiger partial charge in [-0.15, -0.1) is 0 Å².